The summed E-state index contributed by atoms with van der Waals surface area (Å²) in [5.74, 6) is 1.02. The van der Waals surface area contributed by atoms with Crippen molar-refractivity contribution in [2.24, 2.45) is 4.99 Å². The van der Waals surface area contributed by atoms with Crippen molar-refractivity contribution in [3.63, 3.8) is 0 Å². The van der Waals surface area contributed by atoms with Crippen molar-refractivity contribution >= 4 is 16.0 Å². The summed E-state index contributed by atoms with van der Waals surface area (Å²) in [7, 11) is -1.26. The molecule has 158 valence electrons. The maximum Gasteiger partial charge on any atom is 0.213 e. The molecule has 2 aliphatic rings. The minimum absolute atomic E-state index is 0.187. The van der Waals surface area contributed by atoms with Crippen LogP contribution in [0.25, 0.3) is 0 Å². The average molecular weight is 402 g/mol. The van der Waals surface area contributed by atoms with E-state index >= 15 is 0 Å². The van der Waals surface area contributed by atoms with Crippen LogP contribution in [0.15, 0.2) is 4.99 Å². The molecule has 2 rings (SSSR count). The molecule has 7 nitrogen and oxygen atoms in total. The van der Waals surface area contributed by atoms with Crippen molar-refractivity contribution in [3.05, 3.63) is 0 Å². The van der Waals surface area contributed by atoms with Gasteiger partial charge in [0.2, 0.25) is 10.0 Å². The molecule has 2 fully saturated rings. The highest BCUT2D eigenvalue weighted by Gasteiger charge is 2.26. The summed E-state index contributed by atoms with van der Waals surface area (Å²) in [5, 5.41) is 6.85. The van der Waals surface area contributed by atoms with Gasteiger partial charge >= 0.3 is 0 Å². The summed E-state index contributed by atoms with van der Waals surface area (Å²) in [6.07, 6.45) is 9.47. The number of nitrogens with zero attached hydrogens (tertiary/aromatic N) is 3. The first kappa shape index (κ1) is 22.4. The number of piperidine rings is 2. The molecule has 0 spiro atoms. The van der Waals surface area contributed by atoms with Gasteiger partial charge in [-0.05, 0) is 65.1 Å². The zero-order valence-electron chi connectivity index (χ0n) is 17.3. The summed E-state index contributed by atoms with van der Waals surface area (Å²) in [6.45, 7) is 7.65. The largest absolute Gasteiger partial charge is 0.356 e. The number of hydrogen-bond acceptors (Lipinski definition) is 4. The van der Waals surface area contributed by atoms with E-state index in [4.69, 9.17) is 0 Å². The first-order chi connectivity index (χ1) is 13.0. The summed E-state index contributed by atoms with van der Waals surface area (Å²) < 4.78 is 25.5. The Morgan fingerprint density at radius 3 is 2.37 bits per heavy atom. The minimum atomic E-state index is -3.05. The second-order valence-corrected chi connectivity index (χ2v) is 9.94. The maximum absolute atomic E-state index is 11.9. The van der Waals surface area contributed by atoms with Crippen LogP contribution >= 0.6 is 0 Å². The van der Waals surface area contributed by atoms with Gasteiger partial charge in [0.15, 0.2) is 5.96 Å². The Balaban J connectivity index is 1.55. The Kier molecular flexibility index (Phi) is 9.86. The SMILES string of the molecule is CCS(=O)(=O)N1CCC(NC(=NC)NCCCCCN2CCCCC2)CC1. The fourth-order valence-electron chi connectivity index (χ4n) is 3.88. The molecule has 2 aliphatic heterocycles. The summed E-state index contributed by atoms with van der Waals surface area (Å²) in [4.78, 5) is 6.91. The lowest BCUT2D eigenvalue weighted by molar-refractivity contribution is 0.224. The lowest BCUT2D eigenvalue weighted by Gasteiger charge is -2.32. The number of unbranched alkanes of at least 4 members (excludes halogenated alkanes) is 2. The normalized spacial score (nSPS) is 21.3. The molecule has 0 aromatic heterocycles. The highest BCUT2D eigenvalue weighted by atomic mass is 32.2. The van der Waals surface area contributed by atoms with Crippen molar-refractivity contribution in [1.82, 2.24) is 19.8 Å². The van der Waals surface area contributed by atoms with Gasteiger partial charge in [-0.15, -0.1) is 0 Å². The van der Waals surface area contributed by atoms with E-state index in [2.05, 4.69) is 20.5 Å². The van der Waals surface area contributed by atoms with Gasteiger partial charge in [-0.25, -0.2) is 12.7 Å². The quantitative estimate of drug-likeness (QED) is 0.349. The molecule has 2 heterocycles. The van der Waals surface area contributed by atoms with Crippen molar-refractivity contribution < 1.29 is 8.42 Å². The van der Waals surface area contributed by atoms with E-state index < -0.39 is 10.0 Å². The number of aliphatic imine (C=N–C) groups is 1. The van der Waals surface area contributed by atoms with Crippen molar-refractivity contribution in [2.45, 2.75) is 64.3 Å². The third kappa shape index (κ3) is 7.95. The van der Waals surface area contributed by atoms with Crippen LogP contribution in [0, 0.1) is 0 Å². The number of nitrogens with one attached hydrogen (secondary N) is 2. The molecule has 0 aromatic carbocycles. The van der Waals surface area contributed by atoms with Gasteiger partial charge in [-0.2, -0.15) is 0 Å². The topological polar surface area (TPSA) is 77.0 Å². The lowest BCUT2D eigenvalue weighted by Crippen LogP contribution is -2.50. The fraction of sp³-hybridized carbons (Fsp3) is 0.947. The molecule has 8 heteroatoms. The van der Waals surface area contributed by atoms with Gasteiger partial charge in [-0.1, -0.05) is 12.8 Å². The molecule has 0 unspecified atom stereocenters. The number of rotatable bonds is 9. The predicted octanol–water partition coefficient (Wildman–Crippen LogP) is 1.62. The third-order valence-corrected chi connectivity index (χ3v) is 7.55. The maximum atomic E-state index is 11.9. The molecule has 0 aromatic rings. The fourth-order valence-corrected chi connectivity index (χ4v) is 5.01. The van der Waals surface area contributed by atoms with Crippen LogP contribution in [0.4, 0.5) is 0 Å². The Morgan fingerprint density at radius 1 is 1.04 bits per heavy atom. The minimum Gasteiger partial charge on any atom is -0.356 e. The average Bonchev–Trinajstić information content (AvgIpc) is 2.70. The van der Waals surface area contributed by atoms with Gasteiger partial charge < -0.3 is 15.5 Å². The van der Waals surface area contributed by atoms with E-state index in [1.54, 1.807) is 18.3 Å². The molecule has 0 aliphatic carbocycles. The molecule has 0 amide bonds. The first-order valence-electron chi connectivity index (χ1n) is 10.7. The molecule has 2 N–H and O–H groups in total. The Labute approximate surface area is 166 Å². The van der Waals surface area contributed by atoms with Crippen LogP contribution in [0.2, 0.25) is 0 Å². The van der Waals surface area contributed by atoms with Crippen LogP contribution in [0.1, 0.15) is 58.3 Å². The zero-order valence-corrected chi connectivity index (χ0v) is 18.1. The van der Waals surface area contributed by atoms with Crippen molar-refractivity contribution in [2.75, 3.05) is 52.1 Å². The highest BCUT2D eigenvalue weighted by molar-refractivity contribution is 7.89. The monoisotopic (exact) mass is 401 g/mol. The van der Waals surface area contributed by atoms with Crippen LogP contribution in [-0.4, -0.2) is 81.7 Å². The van der Waals surface area contributed by atoms with E-state index in [0.29, 0.717) is 19.1 Å². The van der Waals surface area contributed by atoms with Crippen molar-refractivity contribution in [3.8, 4) is 0 Å². The second kappa shape index (κ2) is 11.9. The number of likely N-dealkylation sites (tertiary alicyclic amines) is 1. The van der Waals surface area contributed by atoms with Crippen molar-refractivity contribution in [1.29, 1.82) is 0 Å². The van der Waals surface area contributed by atoms with Gasteiger partial charge in [0.05, 0.1) is 5.75 Å². The van der Waals surface area contributed by atoms with Crippen LogP contribution in [-0.2, 0) is 10.0 Å². The van der Waals surface area contributed by atoms with Crippen LogP contribution in [0.5, 0.6) is 0 Å². The lowest BCUT2D eigenvalue weighted by atomic mass is 10.1. The Hall–Kier alpha value is -0.860. The molecule has 0 saturated carbocycles. The standard InChI is InChI=1S/C19H39N5O2S/c1-3-27(25,26)24-16-10-18(11-17-24)22-19(20-2)21-12-6-4-7-13-23-14-8-5-9-15-23/h18H,3-17H2,1-2H3,(H2,20,21,22). The second-order valence-electron chi connectivity index (χ2n) is 7.68. The molecule has 0 radical (unpaired) electrons. The summed E-state index contributed by atoms with van der Waals surface area (Å²) in [5.41, 5.74) is 0. The highest BCUT2D eigenvalue weighted by Crippen LogP contribution is 2.14. The summed E-state index contributed by atoms with van der Waals surface area (Å²) in [6, 6.07) is 0.290. The molecular weight excluding hydrogens is 362 g/mol. The molecule has 0 atom stereocenters. The predicted molar refractivity (Wildman–Crippen MR) is 113 cm³/mol. The van der Waals surface area contributed by atoms with Gasteiger partial charge in [0.25, 0.3) is 0 Å². The molecule has 0 bridgehead atoms. The number of hydrogen-bond donors (Lipinski definition) is 2. The van der Waals surface area contributed by atoms with E-state index in [9.17, 15) is 8.42 Å². The van der Waals surface area contributed by atoms with Gasteiger partial charge in [0.1, 0.15) is 0 Å². The first-order valence-corrected chi connectivity index (χ1v) is 12.3. The molecule has 2 saturated heterocycles. The number of sulfonamides is 1. The third-order valence-electron chi connectivity index (χ3n) is 5.67. The molecular formula is C19H39N5O2S. The van der Waals surface area contributed by atoms with E-state index in [0.717, 1.165) is 31.8 Å². The van der Waals surface area contributed by atoms with Gasteiger partial charge in [-0.3, -0.25) is 4.99 Å². The zero-order chi connectivity index (χ0) is 19.5. The summed E-state index contributed by atoms with van der Waals surface area (Å²) >= 11 is 0. The van der Waals surface area contributed by atoms with E-state index in [1.807, 2.05) is 0 Å². The Bertz CT molecular complexity index is 538. The van der Waals surface area contributed by atoms with E-state index in [1.165, 1.54) is 51.7 Å². The Morgan fingerprint density at radius 2 is 1.74 bits per heavy atom. The number of guanidine groups is 1. The van der Waals surface area contributed by atoms with Gasteiger partial charge in [0, 0.05) is 32.7 Å². The smallest absolute Gasteiger partial charge is 0.213 e. The van der Waals surface area contributed by atoms with Crippen LogP contribution < -0.4 is 10.6 Å². The van der Waals surface area contributed by atoms with Crippen LogP contribution in [0.3, 0.4) is 0 Å². The van der Waals surface area contributed by atoms with E-state index in [-0.39, 0.29) is 5.75 Å². The molecule has 27 heavy (non-hydrogen) atoms.